The Balaban J connectivity index is 1.48. The van der Waals surface area contributed by atoms with Gasteiger partial charge in [-0.15, -0.1) is 0 Å². The van der Waals surface area contributed by atoms with Crippen LogP contribution in [0.4, 0.5) is 11.6 Å². The van der Waals surface area contributed by atoms with Crippen molar-refractivity contribution in [1.82, 2.24) is 9.55 Å². The van der Waals surface area contributed by atoms with Gasteiger partial charge in [-0.25, -0.2) is 4.98 Å². The van der Waals surface area contributed by atoms with Crippen LogP contribution in [0.5, 0.6) is 0 Å². The van der Waals surface area contributed by atoms with Crippen LogP contribution in [0.1, 0.15) is 18.2 Å². The van der Waals surface area contributed by atoms with Gasteiger partial charge in [-0.3, -0.25) is 19.1 Å². The number of nitrogens with zero attached hydrogens (tertiary/aromatic N) is 3. The number of anilines is 2. The largest absolute Gasteiger partial charge is 0.467 e. The summed E-state index contributed by atoms with van der Waals surface area (Å²) >= 11 is 0. The Labute approximate surface area is 166 Å². The lowest BCUT2D eigenvalue weighted by Gasteiger charge is -2.15. The minimum absolute atomic E-state index is 0.0235. The van der Waals surface area contributed by atoms with Gasteiger partial charge in [0.2, 0.25) is 11.9 Å². The van der Waals surface area contributed by atoms with Crippen molar-refractivity contribution in [3.8, 4) is 0 Å². The standard InChI is InChI=1S/C22H18N4O3/c27-20(23-15-7-2-1-3-8-15)13-19-21(28)25(14-16-9-6-12-29-16)22-24-17-10-4-5-11-18(17)26(19)22/h1-12,19H,13-14H2,(H,23,27)/t19-/m1/s1. The summed E-state index contributed by atoms with van der Waals surface area (Å²) in [6.07, 6.45) is 1.60. The molecular weight excluding hydrogens is 368 g/mol. The number of imidazole rings is 1. The van der Waals surface area contributed by atoms with Crippen molar-refractivity contribution in [3.05, 3.63) is 78.8 Å². The van der Waals surface area contributed by atoms with Gasteiger partial charge in [0.15, 0.2) is 0 Å². The van der Waals surface area contributed by atoms with E-state index in [9.17, 15) is 9.59 Å². The Bertz CT molecular complexity index is 1180. The average Bonchev–Trinajstić information content (AvgIpc) is 3.43. The third kappa shape index (κ3) is 3.06. The third-order valence-electron chi connectivity index (χ3n) is 5.01. The van der Waals surface area contributed by atoms with Crippen LogP contribution in [-0.4, -0.2) is 21.4 Å². The third-order valence-corrected chi connectivity index (χ3v) is 5.01. The van der Waals surface area contributed by atoms with Crippen LogP contribution < -0.4 is 10.2 Å². The predicted octanol–water partition coefficient (Wildman–Crippen LogP) is 3.75. The second-order valence-corrected chi connectivity index (χ2v) is 6.91. The molecule has 1 aliphatic rings. The first kappa shape index (κ1) is 17.2. The number of hydrogen-bond acceptors (Lipinski definition) is 4. The maximum absolute atomic E-state index is 13.2. The number of hydrogen-bond donors (Lipinski definition) is 1. The molecule has 1 atom stereocenters. The van der Waals surface area contributed by atoms with Gasteiger partial charge in [0.05, 0.1) is 30.3 Å². The molecular formula is C22H18N4O3. The molecule has 0 fully saturated rings. The molecule has 2 amide bonds. The van der Waals surface area contributed by atoms with Crippen LogP contribution in [0.15, 0.2) is 77.4 Å². The van der Waals surface area contributed by atoms with Crippen molar-refractivity contribution in [3.63, 3.8) is 0 Å². The number of nitrogens with one attached hydrogen (secondary N) is 1. The molecule has 7 nitrogen and oxygen atoms in total. The van der Waals surface area contributed by atoms with Crippen molar-refractivity contribution in [1.29, 1.82) is 0 Å². The van der Waals surface area contributed by atoms with Crippen molar-refractivity contribution in [2.45, 2.75) is 19.0 Å². The molecule has 7 heteroatoms. The van der Waals surface area contributed by atoms with E-state index in [0.29, 0.717) is 17.4 Å². The first-order chi connectivity index (χ1) is 14.2. The van der Waals surface area contributed by atoms with E-state index < -0.39 is 6.04 Å². The molecule has 0 unspecified atom stereocenters. The van der Waals surface area contributed by atoms with Gasteiger partial charge >= 0.3 is 0 Å². The predicted molar refractivity (Wildman–Crippen MR) is 108 cm³/mol. The van der Waals surface area contributed by atoms with E-state index in [-0.39, 0.29) is 24.8 Å². The lowest BCUT2D eigenvalue weighted by molar-refractivity contribution is -0.124. The molecule has 1 aliphatic heterocycles. The Morgan fingerprint density at radius 1 is 1.03 bits per heavy atom. The summed E-state index contributed by atoms with van der Waals surface area (Å²) in [5.74, 6) is 0.799. The summed E-state index contributed by atoms with van der Waals surface area (Å²) in [5, 5.41) is 2.86. The fourth-order valence-electron chi connectivity index (χ4n) is 3.71. The number of furan rings is 1. The average molecular weight is 386 g/mol. The topological polar surface area (TPSA) is 80.4 Å². The van der Waals surface area contributed by atoms with Gasteiger partial charge in [0, 0.05) is 5.69 Å². The summed E-state index contributed by atoms with van der Waals surface area (Å²) in [6.45, 7) is 0.270. The summed E-state index contributed by atoms with van der Waals surface area (Å²) in [4.78, 5) is 32.1. The molecule has 0 saturated heterocycles. The van der Waals surface area contributed by atoms with E-state index in [1.807, 2.05) is 65.2 Å². The minimum atomic E-state index is -0.656. The van der Waals surface area contributed by atoms with E-state index in [2.05, 4.69) is 10.3 Å². The van der Waals surface area contributed by atoms with Gasteiger partial charge in [-0.05, 0) is 36.4 Å². The number of aromatic nitrogens is 2. The van der Waals surface area contributed by atoms with E-state index in [1.54, 1.807) is 17.2 Å². The molecule has 2 aromatic carbocycles. The summed E-state index contributed by atoms with van der Waals surface area (Å²) < 4.78 is 7.27. The number of para-hydroxylation sites is 3. The maximum atomic E-state index is 13.2. The van der Waals surface area contributed by atoms with Crippen molar-refractivity contribution >= 4 is 34.5 Å². The zero-order valence-corrected chi connectivity index (χ0v) is 15.5. The van der Waals surface area contributed by atoms with Crippen LogP contribution in [0, 0.1) is 0 Å². The van der Waals surface area contributed by atoms with Crippen LogP contribution >= 0.6 is 0 Å². The molecule has 29 heavy (non-hydrogen) atoms. The van der Waals surface area contributed by atoms with E-state index >= 15 is 0 Å². The van der Waals surface area contributed by atoms with Gasteiger partial charge in [0.25, 0.3) is 5.91 Å². The van der Waals surface area contributed by atoms with Crippen LogP contribution in [0.3, 0.4) is 0 Å². The zero-order chi connectivity index (χ0) is 19.8. The molecule has 0 spiro atoms. The van der Waals surface area contributed by atoms with Crippen LogP contribution in [0.25, 0.3) is 11.0 Å². The highest BCUT2D eigenvalue weighted by molar-refractivity contribution is 6.05. The highest BCUT2D eigenvalue weighted by atomic mass is 16.3. The fraction of sp³-hybridized carbons (Fsp3) is 0.136. The summed E-state index contributed by atoms with van der Waals surface area (Å²) in [6, 6.07) is 19.8. The Hall–Kier alpha value is -3.87. The highest BCUT2D eigenvalue weighted by Gasteiger charge is 2.41. The van der Waals surface area contributed by atoms with Crippen molar-refractivity contribution in [2.24, 2.45) is 0 Å². The van der Waals surface area contributed by atoms with E-state index in [0.717, 1.165) is 11.0 Å². The zero-order valence-electron chi connectivity index (χ0n) is 15.5. The van der Waals surface area contributed by atoms with Gasteiger partial charge in [-0.2, -0.15) is 0 Å². The SMILES string of the molecule is O=C(C[C@@H]1C(=O)N(Cc2ccco2)c2nc3ccccc3n21)Nc1ccccc1. The van der Waals surface area contributed by atoms with Crippen LogP contribution in [0.2, 0.25) is 0 Å². The Kier molecular flexibility index (Phi) is 4.13. The minimum Gasteiger partial charge on any atom is -0.467 e. The second kappa shape index (κ2) is 6.94. The lowest BCUT2D eigenvalue weighted by Crippen LogP contribution is -2.30. The quantitative estimate of drug-likeness (QED) is 0.567. The van der Waals surface area contributed by atoms with Crippen LogP contribution in [-0.2, 0) is 16.1 Å². The monoisotopic (exact) mass is 386 g/mol. The number of benzene rings is 2. The molecule has 0 saturated carbocycles. The second-order valence-electron chi connectivity index (χ2n) is 6.91. The van der Waals surface area contributed by atoms with E-state index in [4.69, 9.17) is 4.42 Å². The molecule has 2 aromatic heterocycles. The molecule has 144 valence electrons. The summed E-state index contributed by atoms with van der Waals surface area (Å²) in [7, 11) is 0. The maximum Gasteiger partial charge on any atom is 0.253 e. The molecule has 0 bridgehead atoms. The number of carbonyl (C=O) groups excluding carboxylic acids is 2. The molecule has 0 aliphatic carbocycles. The Morgan fingerprint density at radius 2 is 1.83 bits per heavy atom. The first-order valence-corrected chi connectivity index (χ1v) is 9.36. The van der Waals surface area contributed by atoms with Gasteiger partial charge in [0.1, 0.15) is 11.8 Å². The number of rotatable bonds is 5. The van der Waals surface area contributed by atoms with E-state index in [1.165, 1.54) is 0 Å². The smallest absolute Gasteiger partial charge is 0.253 e. The first-order valence-electron chi connectivity index (χ1n) is 9.36. The molecule has 5 rings (SSSR count). The van der Waals surface area contributed by atoms with Gasteiger partial charge < -0.3 is 9.73 Å². The number of carbonyl (C=O) groups is 2. The van der Waals surface area contributed by atoms with Gasteiger partial charge in [-0.1, -0.05) is 30.3 Å². The lowest BCUT2D eigenvalue weighted by atomic mass is 10.1. The molecule has 1 N–H and O–H groups in total. The molecule has 0 radical (unpaired) electrons. The Morgan fingerprint density at radius 3 is 2.62 bits per heavy atom. The summed E-state index contributed by atoms with van der Waals surface area (Å²) in [5.41, 5.74) is 2.31. The molecule has 3 heterocycles. The highest BCUT2D eigenvalue weighted by Crippen LogP contribution is 2.37. The van der Waals surface area contributed by atoms with Crippen molar-refractivity contribution in [2.75, 3.05) is 10.2 Å². The van der Waals surface area contributed by atoms with Crippen molar-refractivity contribution < 1.29 is 14.0 Å². The number of fused-ring (bicyclic) bond motifs is 3. The normalized spacial score (nSPS) is 15.7. The fourth-order valence-corrected chi connectivity index (χ4v) is 3.71. The number of amides is 2. The molecule has 4 aromatic rings.